The summed E-state index contributed by atoms with van der Waals surface area (Å²) < 4.78 is 6.94. The van der Waals surface area contributed by atoms with Gasteiger partial charge in [0.1, 0.15) is 0 Å². The molecule has 124 valence electrons. The van der Waals surface area contributed by atoms with Gasteiger partial charge in [-0.1, -0.05) is 25.5 Å². The smallest absolute Gasteiger partial charge is 0.338 e. The Hall–Kier alpha value is -2.21. The molecule has 0 aliphatic rings. The van der Waals surface area contributed by atoms with E-state index in [2.05, 4.69) is 17.2 Å². The molecule has 0 amide bonds. The lowest BCUT2D eigenvalue weighted by Gasteiger charge is -2.08. The molecule has 0 spiro atoms. The van der Waals surface area contributed by atoms with Crippen LogP contribution >= 0.6 is 0 Å². The molecule has 6 heteroatoms. The topological polar surface area (TPSA) is 83.0 Å². The monoisotopic (exact) mass is 316 g/mol. The standard InChI is InChI=1S/C17H24N4O2/c1-3-5-6-16-15(12-18)19-20-21(16)14-9-7-13(8-10-14)17(22)23-11-4-2/h7-10H,3-6,11-12,18H2,1-2H3. The molecule has 2 rings (SSSR count). The minimum atomic E-state index is -0.300. The number of nitrogens with two attached hydrogens (primary N) is 1. The molecule has 1 heterocycles. The molecular formula is C17H24N4O2. The molecule has 0 fully saturated rings. The minimum Gasteiger partial charge on any atom is -0.462 e. The number of hydrogen-bond acceptors (Lipinski definition) is 5. The summed E-state index contributed by atoms with van der Waals surface area (Å²) in [4.78, 5) is 11.8. The van der Waals surface area contributed by atoms with Crippen molar-refractivity contribution in [2.24, 2.45) is 5.73 Å². The van der Waals surface area contributed by atoms with E-state index >= 15 is 0 Å². The fourth-order valence-corrected chi connectivity index (χ4v) is 2.31. The summed E-state index contributed by atoms with van der Waals surface area (Å²) in [6.45, 7) is 4.92. The molecule has 0 radical (unpaired) electrons. The Morgan fingerprint density at radius 3 is 2.57 bits per heavy atom. The number of ether oxygens (including phenoxy) is 1. The van der Waals surface area contributed by atoms with Crippen LogP contribution in [0.2, 0.25) is 0 Å². The molecule has 0 aliphatic carbocycles. The average Bonchev–Trinajstić information content (AvgIpc) is 3.00. The van der Waals surface area contributed by atoms with Gasteiger partial charge in [0.2, 0.25) is 0 Å². The number of carbonyl (C=O) groups is 1. The number of benzene rings is 1. The van der Waals surface area contributed by atoms with Crippen LogP contribution in [0.15, 0.2) is 24.3 Å². The van der Waals surface area contributed by atoms with Gasteiger partial charge in [0.25, 0.3) is 0 Å². The number of carbonyl (C=O) groups excluding carboxylic acids is 1. The zero-order chi connectivity index (χ0) is 16.7. The summed E-state index contributed by atoms with van der Waals surface area (Å²) >= 11 is 0. The van der Waals surface area contributed by atoms with Crippen LogP contribution in [0.25, 0.3) is 5.69 Å². The molecule has 0 atom stereocenters. The van der Waals surface area contributed by atoms with Gasteiger partial charge in [-0.25, -0.2) is 9.48 Å². The van der Waals surface area contributed by atoms with Crippen LogP contribution in [0.1, 0.15) is 54.9 Å². The first kappa shape index (κ1) is 17.1. The van der Waals surface area contributed by atoms with E-state index in [1.807, 2.05) is 19.1 Å². The largest absolute Gasteiger partial charge is 0.462 e. The van der Waals surface area contributed by atoms with Crippen LogP contribution in [-0.4, -0.2) is 27.6 Å². The minimum absolute atomic E-state index is 0.300. The molecule has 0 aliphatic heterocycles. The van der Waals surface area contributed by atoms with Crippen LogP contribution in [-0.2, 0) is 17.7 Å². The van der Waals surface area contributed by atoms with E-state index in [1.54, 1.807) is 16.8 Å². The van der Waals surface area contributed by atoms with Crippen LogP contribution < -0.4 is 5.73 Å². The molecule has 0 saturated carbocycles. The van der Waals surface area contributed by atoms with E-state index in [0.29, 0.717) is 18.7 Å². The van der Waals surface area contributed by atoms with Gasteiger partial charge in [-0.15, -0.1) is 5.10 Å². The van der Waals surface area contributed by atoms with Crippen molar-refractivity contribution in [3.05, 3.63) is 41.2 Å². The maximum absolute atomic E-state index is 11.8. The second kappa shape index (κ2) is 8.43. The Morgan fingerprint density at radius 2 is 1.96 bits per heavy atom. The van der Waals surface area contributed by atoms with Gasteiger partial charge in [0, 0.05) is 6.54 Å². The third-order valence-electron chi connectivity index (χ3n) is 3.59. The van der Waals surface area contributed by atoms with Gasteiger partial charge < -0.3 is 10.5 Å². The first-order chi connectivity index (χ1) is 11.2. The van der Waals surface area contributed by atoms with Crippen molar-refractivity contribution in [3.8, 4) is 5.69 Å². The summed E-state index contributed by atoms with van der Waals surface area (Å²) in [5.41, 5.74) is 9.02. The fraction of sp³-hybridized carbons (Fsp3) is 0.471. The fourth-order valence-electron chi connectivity index (χ4n) is 2.31. The molecule has 2 N–H and O–H groups in total. The van der Waals surface area contributed by atoms with Gasteiger partial charge in [-0.3, -0.25) is 0 Å². The lowest BCUT2D eigenvalue weighted by molar-refractivity contribution is 0.0505. The van der Waals surface area contributed by atoms with E-state index in [1.165, 1.54) is 0 Å². The maximum atomic E-state index is 11.8. The Bertz CT molecular complexity index is 635. The highest BCUT2D eigenvalue weighted by atomic mass is 16.5. The summed E-state index contributed by atoms with van der Waals surface area (Å²) in [5.74, 6) is -0.300. The summed E-state index contributed by atoms with van der Waals surface area (Å²) in [5, 5.41) is 8.36. The van der Waals surface area contributed by atoms with Crippen molar-refractivity contribution >= 4 is 5.97 Å². The van der Waals surface area contributed by atoms with Crippen molar-refractivity contribution in [3.63, 3.8) is 0 Å². The van der Waals surface area contributed by atoms with Crippen molar-refractivity contribution in [1.82, 2.24) is 15.0 Å². The van der Waals surface area contributed by atoms with Gasteiger partial charge in [-0.05, 0) is 43.5 Å². The van der Waals surface area contributed by atoms with Crippen LogP contribution in [0.3, 0.4) is 0 Å². The molecule has 23 heavy (non-hydrogen) atoms. The summed E-state index contributed by atoms with van der Waals surface area (Å²) in [7, 11) is 0. The second-order valence-corrected chi connectivity index (χ2v) is 5.39. The maximum Gasteiger partial charge on any atom is 0.338 e. The molecule has 1 aromatic carbocycles. The highest BCUT2D eigenvalue weighted by molar-refractivity contribution is 5.89. The number of unbranched alkanes of at least 4 members (excludes halogenated alkanes) is 1. The Kier molecular flexibility index (Phi) is 6.29. The van der Waals surface area contributed by atoms with Crippen molar-refractivity contribution in [2.75, 3.05) is 6.61 Å². The van der Waals surface area contributed by atoms with E-state index in [0.717, 1.165) is 42.8 Å². The molecule has 2 aromatic rings. The quantitative estimate of drug-likeness (QED) is 0.757. The van der Waals surface area contributed by atoms with Gasteiger partial charge in [0.15, 0.2) is 0 Å². The van der Waals surface area contributed by atoms with Gasteiger partial charge >= 0.3 is 5.97 Å². The third-order valence-corrected chi connectivity index (χ3v) is 3.59. The highest BCUT2D eigenvalue weighted by Crippen LogP contribution is 2.16. The SMILES string of the molecule is CCCCc1c(CN)nnn1-c1ccc(C(=O)OCCC)cc1. The zero-order valence-corrected chi connectivity index (χ0v) is 13.8. The molecule has 1 aromatic heterocycles. The van der Waals surface area contributed by atoms with Crippen molar-refractivity contribution in [1.29, 1.82) is 0 Å². The second-order valence-electron chi connectivity index (χ2n) is 5.39. The van der Waals surface area contributed by atoms with E-state index in [-0.39, 0.29) is 5.97 Å². The van der Waals surface area contributed by atoms with Crippen molar-refractivity contribution in [2.45, 2.75) is 46.1 Å². The van der Waals surface area contributed by atoms with Crippen LogP contribution in [0.4, 0.5) is 0 Å². The van der Waals surface area contributed by atoms with Crippen LogP contribution in [0, 0.1) is 0 Å². The highest BCUT2D eigenvalue weighted by Gasteiger charge is 2.13. The first-order valence-electron chi connectivity index (χ1n) is 8.12. The average molecular weight is 316 g/mol. The lowest BCUT2D eigenvalue weighted by atomic mass is 10.1. The number of aromatic nitrogens is 3. The predicted molar refractivity (Wildman–Crippen MR) is 88.4 cm³/mol. The number of esters is 1. The normalized spacial score (nSPS) is 10.7. The Labute approximate surface area is 136 Å². The molecular weight excluding hydrogens is 292 g/mol. The first-order valence-corrected chi connectivity index (χ1v) is 8.12. The summed E-state index contributed by atoms with van der Waals surface area (Å²) in [6.07, 6.45) is 3.85. The zero-order valence-electron chi connectivity index (χ0n) is 13.8. The van der Waals surface area contributed by atoms with Crippen molar-refractivity contribution < 1.29 is 9.53 Å². The summed E-state index contributed by atoms with van der Waals surface area (Å²) in [6, 6.07) is 7.21. The lowest BCUT2D eigenvalue weighted by Crippen LogP contribution is -2.08. The molecule has 6 nitrogen and oxygen atoms in total. The third kappa shape index (κ3) is 4.16. The number of hydrogen-bond donors (Lipinski definition) is 1. The Balaban J connectivity index is 2.22. The van der Waals surface area contributed by atoms with Gasteiger partial charge in [-0.2, -0.15) is 0 Å². The van der Waals surface area contributed by atoms with Crippen LogP contribution in [0.5, 0.6) is 0 Å². The number of nitrogens with zero attached hydrogens (tertiary/aromatic N) is 3. The Morgan fingerprint density at radius 1 is 1.22 bits per heavy atom. The molecule has 0 unspecified atom stereocenters. The van der Waals surface area contributed by atoms with E-state index in [9.17, 15) is 4.79 Å². The van der Waals surface area contributed by atoms with Gasteiger partial charge in [0.05, 0.1) is 29.2 Å². The van der Waals surface area contributed by atoms with E-state index < -0.39 is 0 Å². The number of rotatable bonds is 8. The molecule has 0 saturated heterocycles. The molecule has 0 bridgehead atoms. The predicted octanol–water partition coefficient (Wildman–Crippen LogP) is 2.64. The van der Waals surface area contributed by atoms with E-state index in [4.69, 9.17) is 10.5 Å².